The van der Waals surface area contributed by atoms with E-state index < -0.39 is 0 Å². The van der Waals surface area contributed by atoms with E-state index in [-0.39, 0.29) is 24.0 Å². The lowest BCUT2D eigenvalue weighted by Gasteiger charge is -2.35. The fourth-order valence-electron chi connectivity index (χ4n) is 2.57. The summed E-state index contributed by atoms with van der Waals surface area (Å²) in [5.74, 6) is 0.891. The number of rotatable bonds is 3. The molecule has 1 aliphatic rings. The first-order valence-electron chi connectivity index (χ1n) is 7.37. The lowest BCUT2D eigenvalue weighted by molar-refractivity contribution is 0.216. The number of nitrogens with one attached hydrogen (secondary N) is 2. The molecular weight excluding hydrogens is 395 g/mol. The van der Waals surface area contributed by atoms with Crippen LogP contribution in [0, 0.1) is 12.3 Å². The molecule has 0 aliphatic heterocycles. The molecule has 1 aliphatic carbocycles. The number of halogens is 1. The van der Waals surface area contributed by atoms with Crippen LogP contribution in [0.4, 0.5) is 0 Å². The molecule has 2 rings (SSSR count). The van der Waals surface area contributed by atoms with Crippen molar-refractivity contribution in [3.8, 4) is 0 Å². The SMILES string of the molecule is CN=C(NCc1ncc(C)s1)NC1CCC(C)(C)CC1.I. The first-order chi connectivity index (χ1) is 9.48. The number of hydrogen-bond donors (Lipinski definition) is 2. The highest BCUT2D eigenvalue weighted by molar-refractivity contribution is 14.0. The van der Waals surface area contributed by atoms with E-state index in [4.69, 9.17) is 0 Å². The summed E-state index contributed by atoms with van der Waals surface area (Å²) in [7, 11) is 1.83. The molecule has 0 aromatic carbocycles. The summed E-state index contributed by atoms with van der Waals surface area (Å²) in [5.41, 5.74) is 0.507. The Balaban J connectivity index is 0.00000220. The van der Waals surface area contributed by atoms with Gasteiger partial charge >= 0.3 is 0 Å². The van der Waals surface area contributed by atoms with E-state index in [1.54, 1.807) is 11.3 Å². The van der Waals surface area contributed by atoms with Crippen LogP contribution in [0.25, 0.3) is 0 Å². The molecule has 6 heteroatoms. The first kappa shape index (κ1) is 18.7. The second-order valence-electron chi connectivity index (χ2n) is 6.37. The second-order valence-corrected chi connectivity index (χ2v) is 7.69. The van der Waals surface area contributed by atoms with Crippen LogP contribution in [0.15, 0.2) is 11.2 Å². The van der Waals surface area contributed by atoms with E-state index in [0.29, 0.717) is 11.5 Å². The van der Waals surface area contributed by atoms with Crippen molar-refractivity contribution in [2.75, 3.05) is 7.05 Å². The number of nitrogens with zero attached hydrogens (tertiary/aromatic N) is 2. The second kappa shape index (κ2) is 8.31. The zero-order valence-electron chi connectivity index (χ0n) is 13.4. The zero-order valence-corrected chi connectivity index (χ0v) is 16.5. The van der Waals surface area contributed by atoms with Gasteiger partial charge in [-0.2, -0.15) is 0 Å². The van der Waals surface area contributed by atoms with Crippen LogP contribution in [0.1, 0.15) is 49.4 Å². The van der Waals surface area contributed by atoms with E-state index in [2.05, 4.69) is 41.4 Å². The Kier molecular flexibility index (Phi) is 7.39. The molecule has 0 spiro atoms. The van der Waals surface area contributed by atoms with Crippen LogP contribution in [0.3, 0.4) is 0 Å². The number of aromatic nitrogens is 1. The van der Waals surface area contributed by atoms with Crippen LogP contribution < -0.4 is 10.6 Å². The minimum atomic E-state index is 0. The fourth-order valence-corrected chi connectivity index (χ4v) is 3.30. The van der Waals surface area contributed by atoms with Gasteiger partial charge in [0.15, 0.2) is 5.96 Å². The molecule has 0 bridgehead atoms. The third-order valence-electron chi connectivity index (χ3n) is 3.98. The van der Waals surface area contributed by atoms with Crippen LogP contribution in [0.2, 0.25) is 0 Å². The van der Waals surface area contributed by atoms with Crippen molar-refractivity contribution in [2.24, 2.45) is 10.4 Å². The van der Waals surface area contributed by atoms with Gasteiger partial charge in [-0.25, -0.2) is 4.98 Å². The highest BCUT2D eigenvalue weighted by atomic mass is 127. The zero-order chi connectivity index (χ0) is 14.6. The lowest BCUT2D eigenvalue weighted by Crippen LogP contribution is -2.45. The highest BCUT2D eigenvalue weighted by Gasteiger charge is 2.27. The maximum atomic E-state index is 4.36. The standard InChI is InChI=1S/C15H26N4S.HI/c1-11-9-17-13(20-11)10-18-14(16-4)19-12-5-7-15(2,3)8-6-12;/h9,12H,5-8,10H2,1-4H3,(H2,16,18,19);1H. The van der Waals surface area contributed by atoms with Gasteiger partial charge in [-0.1, -0.05) is 13.8 Å². The van der Waals surface area contributed by atoms with E-state index >= 15 is 0 Å². The summed E-state index contributed by atoms with van der Waals surface area (Å²) in [6.07, 6.45) is 6.94. The summed E-state index contributed by atoms with van der Waals surface area (Å²) in [5, 5.41) is 8.00. The maximum absolute atomic E-state index is 4.36. The number of thiazole rings is 1. The Labute approximate surface area is 149 Å². The third-order valence-corrected chi connectivity index (χ3v) is 4.89. The number of hydrogen-bond acceptors (Lipinski definition) is 3. The molecule has 21 heavy (non-hydrogen) atoms. The van der Waals surface area contributed by atoms with Crippen LogP contribution in [0.5, 0.6) is 0 Å². The minimum Gasteiger partial charge on any atom is -0.354 e. The molecule has 0 amide bonds. The average molecular weight is 422 g/mol. The van der Waals surface area contributed by atoms with Crippen LogP contribution in [-0.4, -0.2) is 24.0 Å². The van der Waals surface area contributed by atoms with Gasteiger partial charge < -0.3 is 10.6 Å². The van der Waals surface area contributed by atoms with Crippen molar-refractivity contribution in [3.63, 3.8) is 0 Å². The molecule has 1 aromatic rings. The summed E-state index contributed by atoms with van der Waals surface area (Å²) in [6, 6.07) is 0.548. The first-order valence-corrected chi connectivity index (χ1v) is 8.19. The Bertz CT molecular complexity index is 460. The fraction of sp³-hybridized carbons (Fsp3) is 0.733. The van der Waals surface area contributed by atoms with Gasteiger partial charge in [-0.15, -0.1) is 35.3 Å². The summed E-state index contributed by atoms with van der Waals surface area (Å²) >= 11 is 1.73. The quantitative estimate of drug-likeness (QED) is 0.444. The van der Waals surface area contributed by atoms with E-state index in [1.807, 2.05) is 13.2 Å². The normalized spacial score (nSPS) is 19.0. The van der Waals surface area contributed by atoms with E-state index in [1.165, 1.54) is 30.6 Å². The van der Waals surface area contributed by atoms with Crippen molar-refractivity contribution < 1.29 is 0 Å². The molecule has 1 aromatic heterocycles. The smallest absolute Gasteiger partial charge is 0.191 e. The summed E-state index contributed by atoms with van der Waals surface area (Å²) < 4.78 is 0. The van der Waals surface area contributed by atoms with Gasteiger partial charge in [0.1, 0.15) is 5.01 Å². The Morgan fingerprint density at radius 3 is 2.62 bits per heavy atom. The molecule has 0 saturated heterocycles. The monoisotopic (exact) mass is 422 g/mol. The highest BCUT2D eigenvalue weighted by Crippen LogP contribution is 2.34. The predicted molar refractivity (Wildman–Crippen MR) is 102 cm³/mol. The summed E-state index contributed by atoms with van der Waals surface area (Å²) in [4.78, 5) is 9.92. The van der Waals surface area contributed by atoms with Gasteiger partial charge in [0.05, 0.1) is 6.54 Å². The van der Waals surface area contributed by atoms with Gasteiger partial charge in [0.25, 0.3) is 0 Å². The third kappa shape index (κ3) is 6.10. The minimum absolute atomic E-state index is 0. The van der Waals surface area contributed by atoms with Gasteiger partial charge in [0.2, 0.25) is 0 Å². The Hall–Kier alpha value is -0.370. The molecular formula is C15H27IN4S. The van der Waals surface area contributed by atoms with Gasteiger partial charge in [0, 0.05) is 24.2 Å². The molecule has 120 valence electrons. The molecule has 1 saturated carbocycles. The molecule has 2 N–H and O–H groups in total. The molecule has 1 fully saturated rings. The van der Waals surface area contributed by atoms with Crippen molar-refractivity contribution >= 4 is 41.3 Å². The topological polar surface area (TPSA) is 49.3 Å². The number of guanidine groups is 1. The average Bonchev–Trinajstić information content (AvgIpc) is 2.82. The van der Waals surface area contributed by atoms with Crippen molar-refractivity contribution in [1.82, 2.24) is 15.6 Å². The van der Waals surface area contributed by atoms with E-state index in [9.17, 15) is 0 Å². The lowest BCUT2D eigenvalue weighted by atomic mass is 9.75. The Morgan fingerprint density at radius 1 is 1.43 bits per heavy atom. The van der Waals surface area contributed by atoms with Crippen molar-refractivity contribution in [2.45, 2.75) is 59.0 Å². The van der Waals surface area contributed by atoms with E-state index in [0.717, 1.165) is 17.5 Å². The van der Waals surface area contributed by atoms with Crippen LogP contribution in [-0.2, 0) is 6.54 Å². The molecule has 0 unspecified atom stereocenters. The predicted octanol–water partition coefficient (Wildman–Crippen LogP) is 3.70. The van der Waals surface area contributed by atoms with Gasteiger partial charge in [-0.3, -0.25) is 4.99 Å². The largest absolute Gasteiger partial charge is 0.354 e. The summed E-state index contributed by atoms with van der Waals surface area (Å²) in [6.45, 7) is 7.55. The number of aryl methyl sites for hydroxylation is 1. The molecule has 0 radical (unpaired) electrons. The number of aliphatic imine (C=N–C) groups is 1. The van der Waals surface area contributed by atoms with Crippen LogP contribution >= 0.6 is 35.3 Å². The molecule has 1 heterocycles. The molecule has 0 atom stereocenters. The molecule has 4 nitrogen and oxygen atoms in total. The maximum Gasteiger partial charge on any atom is 0.191 e. The van der Waals surface area contributed by atoms with Crippen molar-refractivity contribution in [3.05, 3.63) is 16.1 Å². The Morgan fingerprint density at radius 2 is 2.10 bits per heavy atom. The van der Waals surface area contributed by atoms with Gasteiger partial charge in [-0.05, 0) is 38.0 Å². The van der Waals surface area contributed by atoms with Crippen molar-refractivity contribution in [1.29, 1.82) is 0 Å².